The molecule has 0 radical (unpaired) electrons. The van der Waals surface area contributed by atoms with Gasteiger partial charge in [-0.2, -0.15) is 0 Å². The first-order valence-corrected chi connectivity index (χ1v) is 6.12. The summed E-state index contributed by atoms with van der Waals surface area (Å²) in [6.45, 7) is 1.22. The molecule has 1 saturated heterocycles. The zero-order valence-corrected chi connectivity index (χ0v) is 9.69. The number of carbonyl (C=O) groups excluding carboxylic acids is 2. The number of carboxylic acid groups (broad SMARTS) is 1. The quantitative estimate of drug-likeness (QED) is 0.474. The highest BCUT2D eigenvalue weighted by atomic mass is 32.2. The van der Waals surface area contributed by atoms with Crippen LogP contribution in [0.4, 0.5) is 0 Å². The second-order valence-electron chi connectivity index (χ2n) is 3.76. The second kappa shape index (κ2) is 4.04. The average Bonchev–Trinajstić information content (AvgIpc) is 2.21. The van der Waals surface area contributed by atoms with Gasteiger partial charge in [0.2, 0.25) is 22.6 Å². The molecule has 0 aliphatic carbocycles. The molecule has 0 spiro atoms. The summed E-state index contributed by atoms with van der Waals surface area (Å²) in [5, 5.41) is 9.72. The Labute approximate surface area is 99.6 Å². The van der Waals surface area contributed by atoms with E-state index in [1.54, 1.807) is 0 Å². The van der Waals surface area contributed by atoms with Gasteiger partial charge in [0.15, 0.2) is 0 Å². The van der Waals surface area contributed by atoms with Gasteiger partial charge in [0, 0.05) is 24.3 Å². The van der Waals surface area contributed by atoms with Crippen molar-refractivity contribution in [3.8, 4) is 0 Å². The molecule has 0 aromatic carbocycles. The number of carboxylic acids is 1. The summed E-state index contributed by atoms with van der Waals surface area (Å²) < 4.78 is 12.0. The van der Waals surface area contributed by atoms with Crippen molar-refractivity contribution in [1.82, 2.24) is 10.2 Å². The van der Waals surface area contributed by atoms with Crippen molar-refractivity contribution in [2.24, 2.45) is 0 Å². The van der Waals surface area contributed by atoms with E-state index in [1.807, 2.05) is 0 Å². The standard InChI is InChI=1S/C9H10N2O5S/c1-4(12)10-8-5(9(14)15)3-11-6(13)2-7(11)17(8)16/h3,7-8H,2H2,1H3,(H,10,12)(H,14,15)/t7-,8?,17?/m1/s1. The van der Waals surface area contributed by atoms with Crippen molar-refractivity contribution in [3.05, 3.63) is 11.8 Å². The van der Waals surface area contributed by atoms with Crippen LogP contribution in [-0.4, -0.2) is 43.1 Å². The van der Waals surface area contributed by atoms with Gasteiger partial charge >= 0.3 is 5.97 Å². The fourth-order valence-electron chi connectivity index (χ4n) is 1.74. The summed E-state index contributed by atoms with van der Waals surface area (Å²) in [6, 6.07) is 0. The Morgan fingerprint density at radius 3 is 2.76 bits per heavy atom. The Bertz CT molecular complexity index is 435. The van der Waals surface area contributed by atoms with Crippen LogP contribution in [0, 0.1) is 0 Å². The Morgan fingerprint density at radius 2 is 2.29 bits per heavy atom. The molecule has 92 valence electrons. The average molecular weight is 258 g/mol. The van der Waals surface area contributed by atoms with Crippen molar-refractivity contribution in [3.63, 3.8) is 0 Å². The Morgan fingerprint density at radius 1 is 1.65 bits per heavy atom. The number of rotatable bonds is 2. The lowest BCUT2D eigenvalue weighted by molar-refractivity contribution is -0.138. The van der Waals surface area contributed by atoms with Gasteiger partial charge in [-0.25, -0.2) is 4.79 Å². The van der Waals surface area contributed by atoms with Gasteiger partial charge in [0.25, 0.3) is 0 Å². The molecule has 2 aliphatic rings. The van der Waals surface area contributed by atoms with Crippen LogP contribution in [0.2, 0.25) is 0 Å². The first-order chi connectivity index (χ1) is 7.91. The van der Waals surface area contributed by atoms with Crippen LogP contribution in [0.25, 0.3) is 0 Å². The molecule has 0 aromatic rings. The number of hydrogen-bond donors (Lipinski definition) is 2. The summed E-state index contributed by atoms with van der Waals surface area (Å²) in [7, 11) is 0. The largest absolute Gasteiger partial charge is 0.613 e. The molecular formula is C9H10N2O5S. The SMILES string of the molecule is CC(=O)NC1C(C(=O)O)=CN2C(=O)C[C@H]2[S+]1[O-]. The minimum absolute atomic E-state index is 0.117. The van der Waals surface area contributed by atoms with Crippen LogP contribution in [0.3, 0.4) is 0 Å². The smallest absolute Gasteiger partial charge is 0.340 e. The fraction of sp³-hybridized carbons (Fsp3) is 0.444. The Kier molecular flexibility index (Phi) is 2.84. The topological polar surface area (TPSA) is 110 Å². The van der Waals surface area contributed by atoms with E-state index in [0.29, 0.717) is 0 Å². The molecule has 3 atom stereocenters. The Hall–Kier alpha value is -1.54. The summed E-state index contributed by atoms with van der Waals surface area (Å²) in [5.74, 6) is -2.02. The van der Waals surface area contributed by atoms with Crippen LogP contribution in [0.5, 0.6) is 0 Å². The number of carbonyl (C=O) groups is 3. The maximum atomic E-state index is 12.0. The molecule has 0 saturated carbocycles. The highest BCUT2D eigenvalue weighted by Crippen LogP contribution is 2.34. The van der Waals surface area contributed by atoms with Crippen molar-refractivity contribution in [2.45, 2.75) is 24.1 Å². The molecule has 2 aliphatic heterocycles. The van der Waals surface area contributed by atoms with Crippen molar-refractivity contribution < 1.29 is 24.0 Å². The van der Waals surface area contributed by atoms with Gasteiger partial charge in [-0.15, -0.1) is 0 Å². The number of aliphatic carboxylic acids is 1. The van der Waals surface area contributed by atoms with Gasteiger partial charge in [0.1, 0.15) is 5.57 Å². The van der Waals surface area contributed by atoms with Gasteiger partial charge in [-0.05, 0) is 0 Å². The third kappa shape index (κ3) is 1.89. The van der Waals surface area contributed by atoms with E-state index in [4.69, 9.17) is 5.11 Å². The normalized spacial score (nSPS) is 31.2. The van der Waals surface area contributed by atoms with Crippen LogP contribution in [0.15, 0.2) is 11.8 Å². The zero-order valence-electron chi connectivity index (χ0n) is 8.87. The number of nitrogens with one attached hydrogen (secondary N) is 1. The second-order valence-corrected chi connectivity index (χ2v) is 5.43. The predicted molar refractivity (Wildman–Crippen MR) is 56.7 cm³/mol. The Balaban J connectivity index is 2.32. The summed E-state index contributed by atoms with van der Waals surface area (Å²) in [5.41, 5.74) is -0.233. The molecule has 0 bridgehead atoms. The van der Waals surface area contributed by atoms with Gasteiger partial charge < -0.3 is 15.0 Å². The van der Waals surface area contributed by atoms with E-state index in [9.17, 15) is 18.9 Å². The molecule has 2 unspecified atom stereocenters. The van der Waals surface area contributed by atoms with E-state index in [2.05, 4.69) is 5.32 Å². The molecule has 2 rings (SSSR count). The highest BCUT2D eigenvalue weighted by molar-refractivity contribution is 7.93. The summed E-state index contributed by atoms with van der Waals surface area (Å²) in [4.78, 5) is 34.3. The van der Waals surface area contributed by atoms with Crippen molar-refractivity contribution >= 4 is 29.0 Å². The zero-order chi connectivity index (χ0) is 12.7. The molecular weight excluding hydrogens is 248 g/mol. The third-order valence-corrected chi connectivity index (χ3v) is 4.36. The van der Waals surface area contributed by atoms with E-state index >= 15 is 0 Å². The highest BCUT2D eigenvalue weighted by Gasteiger charge is 2.53. The molecule has 7 nitrogen and oxygen atoms in total. The van der Waals surface area contributed by atoms with Crippen LogP contribution >= 0.6 is 0 Å². The molecule has 2 amide bonds. The minimum atomic E-state index is -1.63. The fourth-order valence-corrected chi connectivity index (χ4v) is 3.46. The van der Waals surface area contributed by atoms with Gasteiger partial charge in [-0.3, -0.25) is 14.5 Å². The summed E-state index contributed by atoms with van der Waals surface area (Å²) >= 11 is -1.63. The lowest BCUT2D eigenvalue weighted by Gasteiger charge is -2.43. The summed E-state index contributed by atoms with van der Waals surface area (Å²) in [6.07, 6.45) is 1.27. The third-order valence-electron chi connectivity index (χ3n) is 2.59. The lowest BCUT2D eigenvalue weighted by Crippen LogP contribution is -2.62. The monoisotopic (exact) mass is 258 g/mol. The van der Waals surface area contributed by atoms with Crippen molar-refractivity contribution in [1.29, 1.82) is 0 Å². The molecule has 8 heteroatoms. The lowest BCUT2D eigenvalue weighted by atomic mass is 10.1. The number of amides is 2. The molecule has 1 fully saturated rings. The molecule has 2 heterocycles. The maximum Gasteiger partial charge on any atom is 0.340 e. The van der Waals surface area contributed by atoms with Gasteiger partial charge in [0.05, 0.1) is 6.42 Å². The predicted octanol–water partition coefficient (Wildman–Crippen LogP) is -1.26. The number of nitrogens with zero attached hydrogens (tertiary/aromatic N) is 1. The number of fused-ring (bicyclic) bond motifs is 1. The number of hydrogen-bond acceptors (Lipinski definition) is 4. The molecule has 0 aromatic heterocycles. The molecule has 17 heavy (non-hydrogen) atoms. The van der Waals surface area contributed by atoms with Crippen molar-refractivity contribution in [2.75, 3.05) is 0 Å². The van der Waals surface area contributed by atoms with Crippen LogP contribution in [-0.2, 0) is 25.6 Å². The first-order valence-electron chi connectivity index (χ1n) is 4.84. The van der Waals surface area contributed by atoms with Crippen LogP contribution in [0.1, 0.15) is 13.3 Å². The van der Waals surface area contributed by atoms with E-state index in [0.717, 1.165) is 11.1 Å². The maximum absolute atomic E-state index is 12.0. The van der Waals surface area contributed by atoms with E-state index < -0.39 is 33.8 Å². The van der Waals surface area contributed by atoms with E-state index in [-0.39, 0.29) is 17.9 Å². The first kappa shape index (κ1) is 11.9. The van der Waals surface area contributed by atoms with E-state index in [1.165, 1.54) is 6.92 Å². The minimum Gasteiger partial charge on any atom is -0.613 e. The molecule has 2 N–H and O–H groups in total. The number of β-lactam (4-membered cyclic amide) rings is 1. The van der Waals surface area contributed by atoms with Crippen LogP contribution < -0.4 is 5.32 Å². The van der Waals surface area contributed by atoms with Gasteiger partial charge in [-0.1, -0.05) is 0 Å².